The molecule has 11 heavy (non-hydrogen) atoms. The van der Waals surface area contributed by atoms with Gasteiger partial charge in [-0.25, -0.2) is 0 Å². The fourth-order valence-electron chi connectivity index (χ4n) is 0.726. The molecule has 0 radical (unpaired) electrons. The van der Waals surface area contributed by atoms with Crippen LogP contribution in [0.1, 0.15) is 0 Å². The topological polar surface area (TPSA) is 3.24 Å². The molecular weight excluding hydrogens is 252 g/mol. The van der Waals surface area contributed by atoms with Gasteiger partial charge in [0.25, 0.3) is 0 Å². The second kappa shape index (κ2) is 6.67. The van der Waals surface area contributed by atoms with Crippen LogP contribution < -0.4 is 4.90 Å². The molecule has 0 heterocycles. The molecule has 0 atom stereocenters. The van der Waals surface area contributed by atoms with Crippen LogP contribution in [0.2, 0.25) is 0 Å². The van der Waals surface area contributed by atoms with E-state index < -0.39 is 0 Å². The Hall–Kier alpha value is -0.0277. The number of halogens is 1. The van der Waals surface area contributed by atoms with Crippen LogP contribution in [0.5, 0.6) is 0 Å². The number of nitrogens with zero attached hydrogens (tertiary/aromatic N) is 1. The molecule has 0 unspecified atom stereocenters. The molecular formula is C8H12ClNPd. The molecule has 0 amide bonds. The number of hydrogen-bond donors (Lipinski definition) is 0. The van der Waals surface area contributed by atoms with E-state index in [1.54, 1.807) is 0 Å². The Bertz CT molecular complexity index is 177. The summed E-state index contributed by atoms with van der Waals surface area (Å²) in [6, 6.07) is 10.3. The van der Waals surface area contributed by atoms with Crippen LogP contribution in [0, 0.1) is 0 Å². The fourth-order valence-corrected chi connectivity index (χ4v) is 0.726. The predicted octanol–water partition coefficient (Wildman–Crippen LogP) is 2.17. The smallest absolute Gasteiger partial charge is 0.0360 e. The van der Waals surface area contributed by atoms with Gasteiger partial charge in [0, 0.05) is 40.2 Å². The maximum Gasteiger partial charge on any atom is 0.0360 e. The van der Waals surface area contributed by atoms with E-state index in [1.807, 2.05) is 32.3 Å². The van der Waals surface area contributed by atoms with Gasteiger partial charge in [-0.15, -0.1) is 12.4 Å². The van der Waals surface area contributed by atoms with E-state index in [-0.39, 0.29) is 32.8 Å². The molecule has 1 aromatic rings. The van der Waals surface area contributed by atoms with Gasteiger partial charge >= 0.3 is 0 Å². The van der Waals surface area contributed by atoms with Crippen LogP contribution in [-0.2, 0) is 20.4 Å². The summed E-state index contributed by atoms with van der Waals surface area (Å²) in [5.41, 5.74) is 1.25. The molecule has 0 aliphatic carbocycles. The van der Waals surface area contributed by atoms with Crippen LogP contribution in [0.15, 0.2) is 30.3 Å². The average molecular weight is 264 g/mol. The summed E-state index contributed by atoms with van der Waals surface area (Å²) >= 11 is 0. The monoisotopic (exact) mass is 263 g/mol. The summed E-state index contributed by atoms with van der Waals surface area (Å²) < 4.78 is 0. The van der Waals surface area contributed by atoms with Crippen molar-refractivity contribution in [3.8, 4) is 0 Å². The zero-order chi connectivity index (χ0) is 6.69. The van der Waals surface area contributed by atoms with E-state index in [9.17, 15) is 0 Å². The summed E-state index contributed by atoms with van der Waals surface area (Å²) in [7, 11) is 4.07. The molecule has 1 aromatic carbocycles. The number of rotatable bonds is 1. The quantitative estimate of drug-likeness (QED) is 0.703. The van der Waals surface area contributed by atoms with Gasteiger partial charge in [0.1, 0.15) is 0 Å². The normalized spacial score (nSPS) is 7.45. The Morgan fingerprint density at radius 3 is 1.73 bits per heavy atom. The van der Waals surface area contributed by atoms with Gasteiger partial charge in [0.2, 0.25) is 0 Å². The first-order valence-corrected chi connectivity index (χ1v) is 3.03. The number of para-hydroxylation sites is 1. The van der Waals surface area contributed by atoms with E-state index in [0.717, 1.165) is 0 Å². The average Bonchev–Trinajstić information content (AvgIpc) is 1.90. The summed E-state index contributed by atoms with van der Waals surface area (Å²) in [6.45, 7) is 0. The van der Waals surface area contributed by atoms with E-state index >= 15 is 0 Å². The van der Waals surface area contributed by atoms with Crippen molar-refractivity contribution < 1.29 is 20.4 Å². The minimum Gasteiger partial charge on any atom is -0.378 e. The summed E-state index contributed by atoms with van der Waals surface area (Å²) in [5, 5.41) is 0. The SMILES string of the molecule is CN(C)c1ccccc1.Cl.[Pd]. The van der Waals surface area contributed by atoms with Crippen LogP contribution >= 0.6 is 12.4 Å². The van der Waals surface area contributed by atoms with E-state index in [1.165, 1.54) is 5.69 Å². The van der Waals surface area contributed by atoms with E-state index in [4.69, 9.17) is 0 Å². The molecule has 0 saturated carbocycles. The van der Waals surface area contributed by atoms with Crippen LogP contribution in [0.25, 0.3) is 0 Å². The van der Waals surface area contributed by atoms with Crippen molar-refractivity contribution in [3.63, 3.8) is 0 Å². The molecule has 0 aliphatic heterocycles. The van der Waals surface area contributed by atoms with Gasteiger partial charge in [-0.05, 0) is 12.1 Å². The van der Waals surface area contributed by atoms with Gasteiger partial charge in [0.05, 0.1) is 0 Å². The van der Waals surface area contributed by atoms with E-state index in [0.29, 0.717) is 0 Å². The second-order valence-electron chi connectivity index (χ2n) is 2.23. The minimum absolute atomic E-state index is 0. The van der Waals surface area contributed by atoms with Crippen molar-refractivity contribution >= 4 is 18.1 Å². The molecule has 66 valence electrons. The van der Waals surface area contributed by atoms with Gasteiger partial charge in [-0.1, -0.05) is 18.2 Å². The Morgan fingerprint density at radius 2 is 1.45 bits per heavy atom. The first-order chi connectivity index (χ1) is 4.30. The summed E-state index contributed by atoms with van der Waals surface area (Å²) in [4.78, 5) is 2.08. The number of hydrogen-bond acceptors (Lipinski definition) is 1. The zero-order valence-corrected chi connectivity index (χ0v) is 8.93. The molecule has 0 fully saturated rings. The summed E-state index contributed by atoms with van der Waals surface area (Å²) in [6.07, 6.45) is 0. The van der Waals surface area contributed by atoms with Gasteiger partial charge < -0.3 is 4.90 Å². The first-order valence-electron chi connectivity index (χ1n) is 3.03. The van der Waals surface area contributed by atoms with Gasteiger partial charge in [0.15, 0.2) is 0 Å². The predicted molar refractivity (Wildman–Crippen MR) is 48.0 cm³/mol. The van der Waals surface area contributed by atoms with Crippen molar-refractivity contribution in [2.75, 3.05) is 19.0 Å². The van der Waals surface area contributed by atoms with Crippen LogP contribution in [0.4, 0.5) is 5.69 Å². The first kappa shape index (κ1) is 13.6. The Kier molecular flexibility index (Phi) is 8.22. The molecule has 0 bridgehead atoms. The molecule has 0 N–H and O–H groups in total. The molecule has 1 nitrogen and oxygen atoms in total. The second-order valence-corrected chi connectivity index (χ2v) is 2.23. The maximum atomic E-state index is 2.08. The third kappa shape index (κ3) is 4.42. The summed E-state index contributed by atoms with van der Waals surface area (Å²) in [5.74, 6) is 0. The Labute approximate surface area is 87.9 Å². The molecule has 3 heteroatoms. The maximum absolute atomic E-state index is 2.08. The van der Waals surface area contributed by atoms with Crippen molar-refractivity contribution in [3.05, 3.63) is 30.3 Å². The standard InChI is InChI=1S/C8H11N.ClH.Pd/c1-9(2)8-6-4-3-5-7-8;;/h3-7H,1-2H3;1H;. The Morgan fingerprint density at radius 1 is 1.00 bits per heavy atom. The molecule has 0 aliphatic rings. The van der Waals surface area contributed by atoms with Crippen molar-refractivity contribution in [2.45, 2.75) is 0 Å². The third-order valence-electron chi connectivity index (χ3n) is 1.27. The van der Waals surface area contributed by atoms with Gasteiger partial charge in [-0.3, -0.25) is 0 Å². The molecule has 0 aromatic heterocycles. The Balaban J connectivity index is 0. The van der Waals surface area contributed by atoms with Crippen LogP contribution in [0.3, 0.4) is 0 Å². The molecule has 1 rings (SSSR count). The zero-order valence-electron chi connectivity index (χ0n) is 6.56. The van der Waals surface area contributed by atoms with Gasteiger partial charge in [-0.2, -0.15) is 0 Å². The van der Waals surface area contributed by atoms with Crippen molar-refractivity contribution in [1.29, 1.82) is 0 Å². The molecule has 0 spiro atoms. The minimum atomic E-state index is 0. The largest absolute Gasteiger partial charge is 0.378 e. The third-order valence-corrected chi connectivity index (χ3v) is 1.27. The number of benzene rings is 1. The van der Waals surface area contributed by atoms with Crippen LogP contribution in [-0.4, -0.2) is 14.1 Å². The van der Waals surface area contributed by atoms with Crippen molar-refractivity contribution in [1.82, 2.24) is 0 Å². The van der Waals surface area contributed by atoms with Crippen molar-refractivity contribution in [2.24, 2.45) is 0 Å². The fraction of sp³-hybridized carbons (Fsp3) is 0.250. The number of anilines is 1. The van der Waals surface area contributed by atoms with E-state index in [2.05, 4.69) is 17.0 Å². The molecule has 0 saturated heterocycles.